The number of benzene rings is 2. The van der Waals surface area contributed by atoms with E-state index in [1.54, 1.807) is 28.6 Å². The summed E-state index contributed by atoms with van der Waals surface area (Å²) < 4.78 is 1.60. The molecule has 2 aromatic carbocycles. The zero-order valence-electron chi connectivity index (χ0n) is 16.3. The summed E-state index contributed by atoms with van der Waals surface area (Å²) in [5, 5.41) is 7.48. The highest BCUT2D eigenvalue weighted by Crippen LogP contribution is 2.24. The number of aryl methyl sites for hydroxylation is 1. The fourth-order valence-corrected chi connectivity index (χ4v) is 3.74. The van der Waals surface area contributed by atoms with Gasteiger partial charge in [-0.1, -0.05) is 24.3 Å². The van der Waals surface area contributed by atoms with E-state index in [-0.39, 0.29) is 17.3 Å². The third-order valence-electron chi connectivity index (χ3n) is 5.40. The second kappa shape index (κ2) is 7.50. The molecule has 1 aromatic heterocycles. The van der Waals surface area contributed by atoms with E-state index < -0.39 is 0 Å². The number of piperidine rings is 1. The number of carbonyl (C=O) groups is 1. The van der Waals surface area contributed by atoms with E-state index in [1.807, 2.05) is 30.3 Å². The van der Waals surface area contributed by atoms with Crippen molar-refractivity contribution in [3.8, 4) is 0 Å². The molecule has 0 bridgehead atoms. The lowest BCUT2D eigenvalue weighted by Gasteiger charge is -2.27. The molecule has 148 valence electrons. The van der Waals surface area contributed by atoms with Crippen LogP contribution in [-0.4, -0.2) is 27.8 Å². The Bertz CT molecular complexity index is 1160. The minimum atomic E-state index is -0.144. The number of nitrogens with zero attached hydrogens (tertiary/aromatic N) is 3. The van der Waals surface area contributed by atoms with Crippen LogP contribution in [0.25, 0.3) is 11.0 Å². The zero-order chi connectivity index (χ0) is 20.5. The molecule has 0 aliphatic carbocycles. The van der Waals surface area contributed by atoms with Crippen LogP contribution in [0, 0.1) is 5.41 Å². The predicted octanol–water partition coefficient (Wildman–Crippen LogP) is 2.33. The van der Waals surface area contributed by atoms with Gasteiger partial charge in [0.2, 0.25) is 5.91 Å². The topological polar surface area (TPSA) is 105 Å². The molecule has 4 rings (SSSR count). The standard InChI is InChI=1S/C22H23N5O2/c1-26-19-10-9-16(27-11-3-2-4-20(27)28)13-17(19)25-18(22(26)29)12-14-5-7-15(8-6-14)21(23)24/h5-10,13H,2-4,11-12H2,1H3,(H3,23,24). The summed E-state index contributed by atoms with van der Waals surface area (Å²) in [6, 6.07) is 12.9. The number of carbonyl (C=O) groups excluding carboxylic acids is 1. The van der Waals surface area contributed by atoms with E-state index >= 15 is 0 Å². The Balaban J connectivity index is 1.72. The number of hydrogen-bond acceptors (Lipinski definition) is 4. The van der Waals surface area contributed by atoms with Gasteiger partial charge in [-0.3, -0.25) is 15.0 Å². The number of fused-ring (bicyclic) bond motifs is 1. The highest BCUT2D eigenvalue weighted by Gasteiger charge is 2.20. The summed E-state index contributed by atoms with van der Waals surface area (Å²) in [6.07, 6.45) is 2.88. The molecule has 1 amide bonds. The van der Waals surface area contributed by atoms with Crippen molar-refractivity contribution in [2.24, 2.45) is 12.8 Å². The second-order valence-corrected chi connectivity index (χ2v) is 7.39. The van der Waals surface area contributed by atoms with E-state index in [2.05, 4.69) is 4.98 Å². The number of amides is 1. The van der Waals surface area contributed by atoms with Gasteiger partial charge in [0, 0.05) is 37.7 Å². The number of aromatic nitrogens is 2. The SMILES string of the molecule is Cn1c(=O)c(Cc2ccc(C(=N)N)cc2)nc2cc(N3CCCCC3=O)ccc21. The molecule has 0 atom stereocenters. The van der Waals surface area contributed by atoms with Crippen LogP contribution in [-0.2, 0) is 18.3 Å². The molecule has 0 unspecified atom stereocenters. The van der Waals surface area contributed by atoms with Gasteiger partial charge in [-0.2, -0.15) is 0 Å². The number of hydrogen-bond donors (Lipinski definition) is 2. The molecule has 7 nitrogen and oxygen atoms in total. The maximum absolute atomic E-state index is 12.8. The highest BCUT2D eigenvalue weighted by molar-refractivity contribution is 5.96. The molecule has 3 N–H and O–H groups in total. The summed E-state index contributed by atoms with van der Waals surface area (Å²) in [5.74, 6) is 0.141. The molecule has 2 heterocycles. The smallest absolute Gasteiger partial charge is 0.272 e. The van der Waals surface area contributed by atoms with Gasteiger partial charge in [-0.25, -0.2) is 4.98 Å². The zero-order valence-corrected chi connectivity index (χ0v) is 16.3. The van der Waals surface area contributed by atoms with Gasteiger partial charge < -0.3 is 15.2 Å². The monoisotopic (exact) mass is 389 g/mol. The maximum Gasteiger partial charge on any atom is 0.272 e. The molecule has 1 aliphatic rings. The second-order valence-electron chi connectivity index (χ2n) is 7.39. The van der Waals surface area contributed by atoms with Crippen molar-refractivity contribution in [1.82, 2.24) is 9.55 Å². The van der Waals surface area contributed by atoms with Gasteiger partial charge in [0.05, 0.1) is 11.0 Å². The van der Waals surface area contributed by atoms with Crippen LogP contribution in [0.1, 0.15) is 36.1 Å². The summed E-state index contributed by atoms with van der Waals surface area (Å²) in [4.78, 5) is 31.5. The Kier molecular flexibility index (Phi) is 4.88. The average molecular weight is 389 g/mol. The lowest BCUT2D eigenvalue weighted by molar-refractivity contribution is -0.119. The summed E-state index contributed by atoms with van der Waals surface area (Å²) in [5.41, 5.74) is 9.61. The van der Waals surface area contributed by atoms with E-state index in [4.69, 9.17) is 11.1 Å². The van der Waals surface area contributed by atoms with E-state index in [0.29, 0.717) is 36.2 Å². The summed E-state index contributed by atoms with van der Waals surface area (Å²) in [6.45, 7) is 0.714. The first-order chi connectivity index (χ1) is 13.9. The molecular weight excluding hydrogens is 366 g/mol. The van der Waals surface area contributed by atoms with Gasteiger partial charge in [-0.15, -0.1) is 0 Å². The quantitative estimate of drug-likeness (QED) is 0.528. The van der Waals surface area contributed by atoms with Crippen molar-refractivity contribution in [3.05, 3.63) is 69.6 Å². The minimum absolute atomic E-state index is 0.0103. The molecule has 0 saturated carbocycles. The first kappa shape index (κ1) is 18.9. The van der Waals surface area contributed by atoms with Crippen molar-refractivity contribution in [2.75, 3.05) is 11.4 Å². The first-order valence-electron chi connectivity index (χ1n) is 9.67. The van der Waals surface area contributed by atoms with Crippen LogP contribution in [0.15, 0.2) is 47.3 Å². The van der Waals surface area contributed by atoms with Crippen LogP contribution in [0.5, 0.6) is 0 Å². The van der Waals surface area contributed by atoms with Crippen LogP contribution in [0.3, 0.4) is 0 Å². The normalized spacial score (nSPS) is 14.4. The first-order valence-corrected chi connectivity index (χ1v) is 9.67. The number of nitrogens with two attached hydrogens (primary N) is 1. The van der Waals surface area contributed by atoms with Crippen molar-refractivity contribution in [2.45, 2.75) is 25.7 Å². The van der Waals surface area contributed by atoms with Gasteiger partial charge in [-0.05, 0) is 36.6 Å². The van der Waals surface area contributed by atoms with Crippen molar-refractivity contribution in [1.29, 1.82) is 5.41 Å². The summed E-state index contributed by atoms with van der Waals surface area (Å²) >= 11 is 0. The minimum Gasteiger partial charge on any atom is -0.384 e. The molecule has 3 aromatic rings. The molecule has 29 heavy (non-hydrogen) atoms. The largest absolute Gasteiger partial charge is 0.384 e. The number of amidine groups is 1. The van der Waals surface area contributed by atoms with Crippen LogP contribution in [0.4, 0.5) is 5.69 Å². The summed E-state index contributed by atoms with van der Waals surface area (Å²) in [7, 11) is 1.74. The van der Waals surface area contributed by atoms with Crippen LogP contribution in [0.2, 0.25) is 0 Å². The maximum atomic E-state index is 12.8. The molecule has 1 saturated heterocycles. The third kappa shape index (κ3) is 3.63. The van der Waals surface area contributed by atoms with E-state index in [0.717, 1.165) is 29.6 Å². The fraction of sp³-hybridized carbons (Fsp3) is 0.273. The Morgan fingerprint density at radius 3 is 2.59 bits per heavy atom. The molecule has 0 radical (unpaired) electrons. The van der Waals surface area contributed by atoms with Crippen molar-refractivity contribution < 1.29 is 4.79 Å². The van der Waals surface area contributed by atoms with Crippen LogP contribution < -0.4 is 16.2 Å². The average Bonchev–Trinajstić information content (AvgIpc) is 2.72. The number of anilines is 1. The van der Waals surface area contributed by atoms with Gasteiger partial charge in [0.15, 0.2) is 0 Å². The Hall–Kier alpha value is -3.48. The van der Waals surface area contributed by atoms with Crippen molar-refractivity contribution in [3.63, 3.8) is 0 Å². The lowest BCUT2D eigenvalue weighted by Crippen LogP contribution is -2.35. The third-order valence-corrected chi connectivity index (χ3v) is 5.40. The molecule has 1 aliphatic heterocycles. The Labute approximate surface area is 168 Å². The van der Waals surface area contributed by atoms with Gasteiger partial charge >= 0.3 is 0 Å². The molecular formula is C22H23N5O2. The fourth-order valence-electron chi connectivity index (χ4n) is 3.74. The van der Waals surface area contributed by atoms with Crippen molar-refractivity contribution >= 4 is 28.5 Å². The Morgan fingerprint density at radius 2 is 1.90 bits per heavy atom. The molecule has 7 heteroatoms. The Morgan fingerprint density at radius 1 is 1.14 bits per heavy atom. The molecule has 0 spiro atoms. The number of rotatable bonds is 4. The van der Waals surface area contributed by atoms with E-state index in [1.165, 1.54) is 0 Å². The van der Waals surface area contributed by atoms with Gasteiger partial charge in [0.25, 0.3) is 5.56 Å². The predicted molar refractivity (Wildman–Crippen MR) is 113 cm³/mol. The highest BCUT2D eigenvalue weighted by atomic mass is 16.2. The van der Waals surface area contributed by atoms with Crippen LogP contribution >= 0.6 is 0 Å². The van der Waals surface area contributed by atoms with Gasteiger partial charge in [0.1, 0.15) is 11.5 Å². The van der Waals surface area contributed by atoms with E-state index in [9.17, 15) is 9.59 Å². The molecule has 1 fully saturated rings. The number of nitrogens with one attached hydrogen (secondary N) is 1. The number of nitrogen functional groups attached to an aromatic ring is 1. The lowest BCUT2D eigenvalue weighted by atomic mass is 10.1.